The monoisotopic (exact) mass is 270 g/mol. The number of hydrogen-bond acceptors (Lipinski definition) is 4. The van der Waals surface area contributed by atoms with Gasteiger partial charge < -0.3 is 20.1 Å². The Morgan fingerprint density at radius 2 is 1.89 bits per heavy atom. The second kappa shape index (κ2) is 8.17. The van der Waals surface area contributed by atoms with Crippen LogP contribution in [0.4, 0.5) is 4.79 Å². The number of rotatable bonds is 5. The second-order valence-electron chi connectivity index (χ2n) is 5.65. The SMILES string of the molecule is CC(C)(C)OC(=O)NC/C=C/CNC1CCOCC1. The lowest BCUT2D eigenvalue weighted by molar-refractivity contribution is 0.0534. The molecule has 0 aliphatic carbocycles. The van der Waals surface area contributed by atoms with Crippen molar-refractivity contribution in [3.05, 3.63) is 12.2 Å². The molecule has 0 aromatic carbocycles. The van der Waals surface area contributed by atoms with E-state index in [0.29, 0.717) is 12.6 Å². The molecule has 0 saturated carbocycles. The zero-order valence-electron chi connectivity index (χ0n) is 12.2. The third-order valence-electron chi connectivity index (χ3n) is 2.68. The third-order valence-corrected chi connectivity index (χ3v) is 2.68. The van der Waals surface area contributed by atoms with Crippen molar-refractivity contribution in [3.8, 4) is 0 Å². The number of nitrogens with one attached hydrogen (secondary N) is 2. The highest BCUT2D eigenvalue weighted by Crippen LogP contribution is 2.06. The van der Waals surface area contributed by atoms with Gasteiger partial charge in [0.05, 0.1) is 0 Å². The summed E-state index contributed by atoms with van der Waals surface area (Å²) in [7, 11) is 0. The summed E-state index contributed by atoms with van der Waals surface area (Å²) in [6, 6.07) is 0.553. The number of carbonyl (C=O) groups is 1. The van der Waals surface area contributed by atoms with Gasteiger partial charge in [-0.05, 0) is 33.6 Å². The van der Waals surface area contributed by atoms with E-state index in [1.165, 1.54) is 0 Å². The lowest BCUT2D eigenvalue weighted by Crippen LogP contribution is -2.35. The van der Waals surface area contributed by atoms with Gasteiger partial charge >= 0.3 is 6.09 Å². The fourth-order valence-electron chi connectivity index (χ4n) is 1.76. The predicted molar refractivity (Wildman–Crippen MR) is 75.2 cm³/mol. The number of ether oxygens (including phenoxy) is 2. The molecule has 1 aliphatic heterocycles. The maximum Gasteiger partial charge on any atom is 0.407 e. The van der Waals surface area contributed by atoms with Crippen LogP contribution in [0, 0.1) is 0 Å². The molecule has 1 aliphatic rings. The Morgan fingerprint density at radius 1 is 1.26 bits per heavy atom. The third kappa shape index (κ3) is 8.61. The highest BCUT2D eigenvalue weighted by atomic mass is 16.6. The quantitative estimate of drug-likeness (QED) is 0.748. The van der Waals surface area contributed by atoms with Crippen molar-refractivity contribution < 1.29 is 14.3 Å². The first-order valence-corrected chi connectivity index (χ1v) is 6.90. The molecular weight excluding hydrogens is 244 g/mol. The van der Waals surface area contributed by atoms with Crippen molar-refractivity contribution in [2.45, 2.75) is 45.3 Å². The number of carbonyl (C=O) groups excluding carboxylic acids is 1. The molecule has 0 spiro atoms. The van der Waals surface area contributed by atoms with E-state index in [2.05, 4.69) is 10.6 Å². The first kappa shape index (κ1) is 16.0. The molecule has 5 nitrogen and oxygen atoms in total. The van der Waals surface area contributed by atoms with Crippen LogP contribution in [-0.2, 0) is 9.47 Å². The second-order valence-corrected chi connectivity index (χ2v) is 5.65. The van der Waals surface area contributed by atoms with Crippen LogP contribution in [0.5, 0.6) is 0 Å². The van der Waals surface area contributed by atoms with E-state index in [4.69, 9.17) is 9.47 Å². The molecule has 0 radical (unpaired) electrons. The van der Waals surface area contributed by atoms with Crippen LogP contribution >= 0.6 is 0 Å². The smallest absolute Gasteiger partial charge is 0.407 e. The van der Waals surface area contributed by atoms with Crippen molar-refractivity contribution in [2.75, 3.05) is 26.3 Å². The molecule has 19 heavy (non-hydrogen) atoms. The Hall–Kier alpha value is -1.07. The summed E-state index contributed by atoms with van der Waals surface area (Å²) in [5.74, 6) is 0. The predicted octanol–water partition coefficient (Wildman–Crippen LogP) is 1.84. The van der Waals surface area contributed by atoms with Crippen LogP contribution in [-0.4, -0.2) is 44.0 Å². The van der Waals surface area contributed by atoms with E-state index in [-0.39, 0.29) is 6.09 Å². The lowest BCUT2D eigenvalue weighted by Gasteiger charge is -2.22. The normalized spacial score (nSPS) is 17.6. The molecule has 2 N–H and O–H groups in total. The van der Waals surface area contributed by atoms with Crippen LogP contribution in [0.1, 0.15) is 33.6 Å². The Bertz CT molecular complexity index is 292. The summed E-state index contributed by atoms with van der Waals surface area (Å²) >= 11 is 0. The van der Waals surface area contributed by atoms with Gasteiger partial charge in [-0.15, -0.1) is 0 Å². The molecule has 1 amide bonds. The minimum Gasteiger partial charge on any atom is -0.444 e. The van der Waals surface area contributed by atoms with Crippen LogP contribution in [0.3, 0.4) is 0 Å². The molecule has 110 valence electrons. The fourth-order valence-corrected chi connectivity index (χ4v) is 1.76. The first-order chi connectivity index (χ1) is 8.97. The van der Waals surface area contributed by atoms with Crippen molar-refractivity contribution in [2.24, 2.45) is 0 Å². The largest absolute Gasteiger partial charge is 0.444 e. The van der Waals surface area contributed by atoms with Gasteiger partial charge in [-0.2, -0.15) is 0 Å². The van der Waals surface area contributed by atoms with E-state index < -0.39 is 5.60 Å². The Labute approximate surface area is 115 Å². The lowest BCUT2D eigenvalue weighted by atomic mass is 10.1. The zero-order valence-corrected chi connectivity index (χ0v) is 12.2. The molecule has 0 bridgehead atoms. The van der Waals surface area contributed by atoms with E-state index >= 15 is 0 Å². The Balaban J connectivity index is 2.02. The minimum atomic E-state index is -0.446. The van der Waals surface area contributed by atoms with Gasteiger partial charge in [-0.25, -0.2) is 4.79 Å². The van der Waals surface area contributed by atoms with Crippen molar-refractivity contribution in [1.82, 2.24) is 10.6 Å². The molecular formula is C14H26N2O3. The van der Waals surface area contributed by atoms with Crippen LogP contribution < -0.4 is 10.6 Å². The number of alkyl carbamates (subject to hydrolysis) is 1. The fraction of sp³-hybridized carbons (Fsp3) is 0.786. The van der Waals surface area contributed by atoms with Crippen LogP contribution in [0.2, 0.25) is 0 Å². The Morgan fingerprint density at radius 3 is 2.53 bits per heavy atom. The van der Waals surface area contributed by atoms with Crippen molar-refractivity contribution >= 4 is 6.09 Å². The summed E-state index contributed by atoms with van der Waals surface area (Å²) in [4.78, 5) is 11.3. The standard InChI is InChI=1S/C14H26N2O3/c1-14(2,3)19-13(17)16-9-5-4-8-15-12-6-10-18-11-7-12/h4-5,12,15H,6-11H2,1-3H3,(H,16,17)/b5-4+. The maximum atomic E-state index is 11.3. The molecule has 1 heterocycles. The molecule has 1 rings (SSSR count). The van der Waals surface area contributed by atoms with Gasteiger partial charge in [-0.1, -0.05) is 12.2 Å². The molecule has 1 saturated heterocycles. The molecule has 5 heteroatoms. The van der Waals surface area contributed by atoms with Gasteiger partial charge in [0.1, 0.15) is 5.60 Å². The summed E-state index contributed by atoms with van der Waals surface area (Å²) in [5, 5.41) is 6.12. The number of hydrogen-bond donors (Lipinski definition) is 2. The maximum absolute atomic E-state index is 11.3. The number of amides is 1. The first-order valence-electron chi connectivity index (χ1n) is 6.90. The zero-order chi connectivity index (χ0) is 14.1. The van der Waals surface area contributed by atoms with Crippen LogP contribution in [0.25, 0.3) is 0 Å². The summed E-state index contributed by atoms with van der Waals surface area (Å²) in [5.41, 5.74) is -0.446. The van der Waals surface area contributed by atoms with E-state index in [0.717, 1.165) is 32.6 Å². The highest BCUT2D eigenvalue weighted by molar-refractivity contribution is 5.67. The average Bonchev–Trinajstić information content (AvgIpc) is 2.32. The summed E-state index contributed by atoms with van der Waals surface area (Å²) in [6.45, 7) is 8.55. The van der Waals surface area contributed by atoms with Crippen molar-refractivity contribution in [1.29, 1.82) is 0 Å². The van der Waals surface area contributed by atoms with E-state index in [1.54, 1.807) is 0 Å². The highest BCUT2D eigenvalue weighted by Gasteiger charge is 2.15. The Kier molecular flexibility index (Phi) is 6.87. The van der Waals surface area contributed by atoms with Gasteiger partial charge in [0.25, 0.3) is 0 Å². The average molecular weight is 270 g/mol. The summed E-state index contributed by atoms with van der Waals surface area (Å²) < 4.78 is 10.4. The van der Waals surface area contributed by atoms with Gasteiger partial charge in [0.2, 0.25) is 0 Å². The molecule has 0 unspecified atom stereocenters. The van der Waals surface area contributed by atoms with Gasteiger partial charge in [0.15, 0.2) is 0 Å². The van der Waals surface area contributed by atoms with Crippen molar-refractivity contribution in [3.63, 3.8) is 0 Å². The van der Waals surface area contributed by atoms with Gasteiger partial charge in [0, 0.05) is 32.3 Å². The summed E-state index contributed by atoms with van der Waals surface area (Å²) in [6.07, 6.45) is 5.71. The molecule has 1 fully saturated rings. The topological polar surface area (TPSA) is 59.6 Å². The van der Waals surface area contributed by atoms with Gasteiger partial charge in [-0.3, -0.25) is 0 Å². The molecule has 0 aromatic heterocycles. The van der Waals surface area contributed by atoms with E-state index in [9.17, 15) is 4.79 Å². The minimum absolute atomic E-state index is 0.380. The van der Waals surface area contributed by atoms with Crippen LogP contribution in [0.15, 0.2) is 12.2 Å². The molecule has 0 aromatic rings. The van der Waals surface area contributed by atoms with E-state index in [1.807, 2.05) is 32.9 Å². The molecule has 0 atom stereocenters.